The number of likely N-dealkylation sites (tertiary alicyclic amines) is 1. The predicted octanol–water partition coefficient (Wildman–Crippen LogP) is 4.53. The normalized spacial score (nSPS) is 22.3. The molecule has 0 N–H and O–H groups in total. The zero-order valence-corrected chi connectivity index (χ0v) is 18.7. The van der Waals surface area contributed by atoms with Gasteiger partial charge in [-0.05, 0) is 50.2 Å². The third-order valence-corrected chi connectivity index (χ3v) is 8.43. The van der Waals surface area contributed by atoms with Crippen LogP contribution in [0.25, 0.3) is 0 Å². The third-order valence-electron chi connectivity index (χ3n) is 6.47. The summed E-state index contributed by atoms with van der Waals surface area (Å²) in [5.41, 5.74) is -1.15. The number of hydrogen-bond acceptors (Lipinski definition) is 3. The van der Waals surface area contributed by atoms with E-state index in [1.165, 1.54) is 18.6 Å². The Balaban J connectivity index is 1.64. The lowest BCUT2D eigenvalue weighted by Gasteiger charge is -2.33. The topological polar surface area (TPSA) is 57.7 Å². The molecule has 0 radical (unpaired) electrons. The van der Waals surface area contributed by atoms with Crippen LogP contribution in [0, 0.1) is 11.8 Å². The maximum Gasteiger partial charge on any atom is 0.417 e. The summed E-state index contributed by atoms with van der Waals surface area (Å²) >= 11 is 0. The second-order valence-electron chi connectivity index (χ2n) is 8.58. The van der Waals surface area contributed by atoms with E-state index in [1.54, 1.807) is 0 Å². The SMILES string of the molecule is CCCC1CCCN(C(=O)C2CCN(S(=O)(=O)c3ccccc3C(F)(F)F)CC2)CC1. The molecule has 5 nitrogen and oxygen atoms in total. The van der Waals surface area contributed by atoms with Gasteiger partial charge >= 0.3 is 6.18 Å². The van der Waals surface area contributed by atoms with Gasteiger partial charge in [-0.1, -0.05) is 31.9 Å². The molecule has 0 bridgehead atoms. The minimum Gasteiger partial charge on any atom is -0.342 e. The van der Waals surface area contributed by atoms with Crippen LogP contribution < -0.4 is 0 Å². The zero-order valence-electron chi connectivity index (χ0n) is 17.9. The van der Waals surface area contributed by atoms with Gasteiger partial charge in [0.1, 0.15) is 0 Å². The van der Waals surface area contributed by atoms with Crippen molar-refractivity contribution < 1.29 is 26.4 Å². The van der Waals surface area contributed by atoms with Gasteiger partial charge in [0, 0.05) is 32.1 Å². The van der Waals surface area contributed by atoms with Crippen molar-refractivity contribution in [3.05, 3.63) is 29.8 Å². The second kappa shape index (κ2) is 9.90. The van der Waals surface area contributed by atoms with Crippen LogP contribution in [0.3, 0.4) is 0 Å². The minimum absolute atomic E-state index is 0.0528. The Bertz CT molecular complexity index is 865. The molecule has 1 unspecified atom stereocenters. The molecule has 0 aliphatic carbocycles. The van der Waals surface area contributed by atoms with Crippen LogP contribution in [0.1, 0.15) is 57.4 Å². The Kier molecular flexibility index (Phi) is 7.68. The van der Waals surface area contributed by atoms with E-state index in [0.29, 0.717) is 18.8 Å². The molecule has 2 aliphatic rings. The molecule has 0 spiro atoms. The molecule has 1 aromatic carbocycles. The van der Waals surface area contributed by atoms with Gasteiger partial charge in [-0.2, -0.15) is 17.5 Å². The fourth-order valence-electron chi connectivity index (χ4n) is 4.75. The van der Waals surface area contributed by atoms with Crippen molar-refractivity contribution in [1.29, 1.82) is 0 Å². The molecule has 174 valence electrons. The highest BCUT2D eigenvalue weighted by Crippen LogP contribution is 2.36. The number of benzene rings is 1. The molecule has 9 heteroatoms. The molecule has 0 aromatic heterocycles. The van der Waals surface area contributed by atoms with Gasteiger partial charge in [0.15, 0.2) is 0 Å². The van der Waals surface area contributed by atoms with E-state index in [0.717, 1.165) is 55.2 Å². The lowest BCUT2D eigenvalue weighted by atomic mass is 9.95. The van der Waals surface area contributed by atoms with Gasteiger partial charge in [-0.25, -0.2) is 8.42 Å². The first-order valence-corrected chi connectivity index (χ1v) is 12.5. The van der Waals surface area contributed by atoms with Gasteiger partial charge in [-0.15, -0.1) is 0 Å². The molecule has 2 fully saturated rings. The fraction of sp³-hybridized carbons (Fsp3) is 0.682. The summed E-state index contributed by atoms with van der Waals surface area (Å²) in [7, 11) is -4.28. The summed E-state index contributed by atoms with van der Waals surface area (Å²) in [5.74, 6) is 0.445. The van der Waals surface area contributed by atoms with E-state index >= 15 is 0 Å². The smallest absolute Gasteiger partial charge is 0.342 e. The first kappa shape index (κ1) is 24.0. The molecule has 31 heavy (non-hydrogen) atoms. The maximum absolute atomic E-state index is 13.3. The average Bonchev–Trinajstić information content (AvgIpc) is 2.99. The van der Waals surface area contributed by atoms with E-state index < -0.39 is 26.7 Å². The molecule has 3 rings (SSSR count). The Hall–Kier alpha value is -1.61. The van der Waals surface area contributed by atoms with Crippen molar-refractivity contribution in [2.24, 2.45) is 11.8 Å². The van der Waals surface area contributed by atoms with Crippen LogP contribution in [-0.2, 0) is 21.0 Å². The van der Waals surface area contributed by atoms with Gasteiger partial charge < -0.3 is 4.90 Å². The first-order chi connectivity index (χ1) is 14.6. The molecule has 2 saturated heterocycles. The van der Waals surface area contributed by atoms with Crippen LogP contribution in [0.5, 0.6) is 0 Å². The van der Waals surface area contributed by atoms with Gasteiger partial charge in [0.25, 0.3) is 0 Å². The lowest BCUT2D eigenvalue weighted by Crippen LogP contribution is -2.45. The monoisotopic (exact) mass is 460 g/mol. The fourth-order valence-corrected chi connectivity index (χ4v) is 6.43. The lowest BCUT2D eigenvalue weighted by molar-refractivity contribution is -0.140. The van der Waals surface area contributed by atoms with Crippen molar-refractivity contribution in [3.8, 4) is 0 Å². The van der Waals surface area contributed by atoms with Gasteiger partial charge in [-0.3, -0.25) is 4.79 Å². The largest absolute Gasteiger partial charge is 0.417 e. The average molecular weight is 461 g/mol. The molecule has 2 aliphatic heterocycles. The highest BCUT2D eigenvalue weighted by molar-refractivity contribution is 7.89. The standard InChI is InChI=1S/C22H31F3N2O3S/c1-2-6-17-7-5-13-26(14-10-17)21(28)18-11-15-27(16-12-18)31(29,30)20-9-4-3-8-19(20)22(23,24)25/h3-4,8-9,17-18H,2,5-7,10-16H2,1H3. The van der Waals surface area contributed by atoms with E-state index in [9.17, 15) is 26.4 Å². The number of hydrogen-bond donors (Lipinski definition) is 0. The van der Waals surface area contributed by atoms with E-state index in [2.05, 4.69) is 6.92 Å². The van der Waals surface area contributed by atoms with Crippen molar-refractivity contribution in [2.45, 2.75) is 62.9 Å². The number of amides is 1. The van der Waals surface area contributed by atoms with Gasteiger partial charge in [0.2, 0.25) is 15.9 Å². The summed E-state index contributed by atoms with van der Waals surface area (Å²) < 4.78 is 66.8. The third kappa shape index (κ3) is 5.61. The number of halogens is 3. The van der Waals surface area contributed by atoms with E-state index in [1.807, 2.05) is 4.90 Å². The van der Waals surface area contributed by atoms with Gasteiger partial charge in [0.05, 0.1) is 10.5 Å². The summed E-state index contributed by atoms with van der Waals surface area (Å²) in [5, 5.41) is 0. The summed E-state index contributed by atoms with van der Waals surface area (Å²) in [6, 6.07) is 4.26. The number of alkyl halides is 3. The number of piperidine rings is 1. The summed E-state index contributed by atoms with van der Waals surface area (Å²) in [6.45, 7) is 3.74. The molecular formula is C22H31F3N2O3S. The molecule has 1 aromatic rings. The van der Waals surface area contributed by atoms with E-state index in [-0.39, 0.29) is 24.9 Å². The maximum atomic E-state index is 13.3. The number of sulfonamides is 1. The van der Waals surface area contributed by atoms with Crippen molar-refractivity contribution in [3.63, 3.8) is 0 Å². The highest BCUT2D eigenvalue weighted by Gasteiger charge is 2.40. The number of nitrogens with zero attached hydrogens (tertiary/aromatic N) is 2. The number of rotatable bonds is 5. The van der Waals surface area contributed by atoms with Crippen LogP contribution >= 0.6 is 0 Å². The number of carbonyl (C=O) groups is 1. The highest BCUT2D eigenvalue weighted by atomic mass is 32.2. The first-order valence-electron chi connectivity index (χ1n) is 11.1. The van der Waals surface area contributed by atoms with Crippen LogP contribution in [0.2, 0.25) is 0 Å². The van der Waals surface area contributed by atoms with E-state index in [4.69, 9.17) is 0 Å². The molecular weight excluding hydrogens is 429 g/mol. The van der Waals surface area contributed by atoms with Crippen molar-refractivity contribution in [2.75, 3.05) is 26.2 Å². The predicted molar refractivity (Wildman–Crippen MR) is 112 cm³/mol. The quantitative estimate of drug-likeness (QED) is 0.649. The number of carbonyl (C=O) groups excluding carboxylic acids is 1. The van der Waals surface area contributed by atoms with Crippen molar-refractivity contribution in [1.82, 2.24) is 9.21 Å². The molecule has 1 atom stereocenters. The Morgan fingerprint density at radius 1 is 1.03 bits per heavy atom. The Morgan fingerprint density at radius 2 is 1.71 bits per heavy atom. The molecule has 2 heterocycles. The summed E-state index contributed by atoms with van der Waals surface area (Å²) in [4.78, 5) is 14.2. The Morgan fingerprint density at radius 3 is 2.35 bits per heavy atom. The van der Waals surface area contributed by atoms with Crippen LogP contribution in [0.4, 0.5) is 13.2 Å². The van der Waals surface area contributed by atoms with Crippen LogP contribution in [-0.4, -0.2) is 49.7 Å². The molecule has 1 amide bonds. The Labute approximate surface area is 182 Å². The minimum atomic E-state index is -4.75. The van der Waals surface area contributed by atoms with Crippen molar-refractivity contribution >= 4 is 15.9 Å². The molecule has 0 saturated carbocycles. The van der Waals surface area contributed by atoms with Crippen LogP contribution in [0.15, 0.2) is 29.2 Å². The second-order valence-corrected chi connectivity index (χ2v) is 10.5. The zero-order chi connectivity index (χ0) is 22.6. The summed E-state index contributed by atoms with van der Waals surface area (Å²) in [6.07, 6.45) is 1.36.